The first kappa shape index (κ1) is 14.3. The van der Waals surface area contributed by atoms with Gasteiger partial charge in [-0.1, -0.05) is 12.1 Å². The highest BCUT2D eigenvalue weighted by atomic mass is 16.5. The average Bonchev–Trinajstić information content (AvgIpc) is 2.42. The van der Waals surface area contributed by atoms with Crippen LogP contribution in [0.4, 0.5) is 0 Å². The van der Waals surface area contributed by atoms with Gasteiger partial charge in [-0.05, 0) is 12.5 Å². The Labute approximate surface area is 107 Å². The molecule has 0 saturated heterocycles. The van der Waals surface area contributed by atoms with Crippen LogP contribution < -0.4 is 9.47 Å². The summed E-state index contributed by atoms with van der Waals surface area (Å²) in [5.74, 6) is 1.05. The fourth-order valence-corrected chi connectivity index (χ4v) is 1.58. The van der Waals surface area contributed by atoms with E-state index >= 15 is 0 Å². The van der Waals surface area contributed by atoms with Gasteiger partial charge in [-0.15, -0.1) is 0 Å². The third kappa shape index (κ3) is 3.36. The number of methoxy groups -OCH3 is 2. The Morgan fingerprint density at radius 1 is 1.33 bits per heavy atom. The molecule has 0 aliphatic carbocycles. The predicted molar refractivity (Wildman–Crippen MR) is 65.6 cm³/mol. The molecular weight excluding hydrogens is 234 g/mol. The SMILES string of the molecule is COc1cccc(C(C#N)OCCCO)c1OC. The monoisotopic (exact) mass is 251 g/mol. The number of nitrogens with zero attached hydrogens (tertiary/aromatic N) is 1. The molecule has 1 N–H and O–H groups in total. The van der Waals surface area contributed by atoms with Gasteiger partial charge in [-0.3, -0.25) is 0 Å². The van der Waals surface area contributed by atoms with E-state index in [9.17, 15) is 0 Å². The maximum Gasteiger partial charge on any atom is 0.172 e. The number of benzene rings is 1. The van der Waals surface area contributed by atoms with Crippen LogP contribution in [0.1, 0.15) is 18.1 Å². The summed E-state index contributed by atoms with van der Waals surface area (Å²) in [6.45, 7) is 0.350. The lowest BCUT2D eigenvalue weighted by molar-refractivity contribution is 0.0756. The minimum absolute atomic E-state index is 0.0351. The van der Waals surface area contributed by atoms with E-state index in [-0.39, 0.29) is 6.61 Å². The molecule has 0 spiro atoms. The van der Waals surface area contributed by atoms with Crippen molar-refractivity contribution in [2.75, 3.05) is 27.4 Å². The molecule has 18 heavy (non-hydrogen) atoms. The molecule has 0 saturated carbocycles. The number of aliphatic hydroxyl groups excluding tert-OH is 1. The minimum atomic E-state index is -0.735. The second kappa shape index (κ2) is 7.54. The summed E-state index contributed by atoms with van der Waals surface area (Å²) in [6, 6.07) is 7.35. The topological polar surface area (TPSA) is 71.7 Å². The summed E-state index contributed by atoms with van der Waals surface area (Å²) in [6.07, 6.45) is -0.244. The molecule has 0 aromatic heterocycles. The first-order chi connectivity index (χ1) is 8.78. The molecule has 1 atom stereocenters. The number of nitriles is 1. The molecule has 0 fully saturated rings. The maximum absolute atomic E-state index is 9.13. The number of hydrogen-bond acceptors (Lipinski definition) is 5. The lowest BCUT2D eigenvalue weighted by atomic mass is 10.1. The lowest BCUT2D eigenvalue weighted by Gasteiger charge is -2.16. The van der Waals surface area contributed by atoms with Crippen molar-refractivity contribution in [3.63, 3.8) is 0 Å². The van der Waals surface area contributed by atoms with Crippen molar-refractivity contribution in [1.29, 1.82) is 5.26 Å². The Bertz CT molecular complexity index is 414. The van der Waals surface area contributed by atoms with Crippen LogP contribution in [0.25, 0.3) is 0 Å². The van der Waals surface area contributed by atoms with E-state index in [1.807, 2.05) is 0 Å². The number of ether oxygens (including phenoxy) is 3. The molecule has 0 radical (unpaired) electrons. The quantitative estimate of drug-likeness (QED) is 0.746. The normalized spacial score (nSPS) is 11.7. The van der Waals surface area contributed by atoms with Gasteiger partial charge < -0.3 is 19.3 Å². The van der Waals surface area contributed by atoms with E-state index in [1.54, 1.807) is 18.2 Å². The third-order valence-corrected chi connectivity index (χ3v) is 2.42. The molecule has 1 unspecified atom stereocenters. The van der Waals surface area contributed by atoms with E-state index in [2.05, 4.69) is 6.07 Å². The van der Waals surface area contributed by atoms with E-state index in [0.717, 1.165) is 0 Å². The molecule has 5 heteroatoms. The highest BCUT2D eigenvalue weighted by Crippen LogP contribution is 2.35. The third-order valence-electron chi connectivity index (χ3n) is 2.42. The Morgan fingerprint density at radius 3 is 2.67 bits per heavy atom. The molecular formula is C13H17NO4. The number of hydrogen-bond donors (Lipinski definition) is 1. The van der Waals surface area contributed by atoms with Crippen molar-refractivity contribution in [3.05, 3.63) is 23.8 Å². The Kier molecular flexibility index (Phi) is 5.98. The summed E-state index contributed by atoms with van der Waals surface area (Å²) < 4.78 is 15.8. The molecule has 0 amide bonds. The molecule has 1 rings (SSSR count). The largest absolute Gasteiger partial charge is 0.493 e. The highest BCUT2D eigenvalue weighted by molar-refractivity contribution is 5.48. The molecule has 0 heterocycles. The summed E-state index contributed by atoms with van der Waals surface area (Å²) in [4.78, 5) is 0. The lowest BCUT2D eigenvalue weighted by Crippen LogP contribution is -2.07. The molecule has 0 bridgehead atoms. The molecule has 5 nitrogen and oxygen atoms in total. The van der Waals surface area contributed by atoms with Crippen LogP contribution in [0.2, 0.25) is 0 Å². The van der Waals surface area contributed by atoms with Crippen LogP contribution in [-0.2, 0) is 4.74 Å². The Balaban J connectivity index is 2.95. The fourth-order valence-electron chi connectivity index (χ4n) is 1.58. The van der Waals surface area contributed by atoms with Crippen LogP contribution in [0.3, 0.4) is 0 Å². The number of aliphatic hydroxyl groups is 1. The highest BCUT2D eigenvalue weighted by Gasteiger charge is 2.19. The molecule has 1 aromatic carbocycles. The minimum Gasteiger partial charge on any atom is -0.493 e. The standard InChI is InChI=1S/C13H17NO4/c1-16-11-6-3-5-10(13(11)17-2)12(9-14)18-8-4-7-15/h3,5-6,12,15H,4,7-8H2,1-2H3. The summed E-state index contributed by atoms with van der Waals surface area (Å²) in [7, 11) is 3.05. The second-order valence-electron chi connectivity index (χ2n) is 3.54. The zero-order valence-electron chi connectivity index (χ0n) is 10.5. The van der Waals surface area contributed by atoms with Crippen LogP contribution in [0, 0.1) is 11.3 Å². The molecule has 98 valence electrons. The van der Waals surface area contributed by atoms with Crippen molar-refractivity contribution in [2.24, 2.45) is 0 Å². The van der Waals surface area contributed by atoms with Crippen molar-refractivity contribution in [1.82, 2.24) is 0 Å². The van der Waals surface area contributed by atoms with Gasteiger partial charge in [0.2, 0.25) is 0 Å². The van der Waals surface area contributed by atoms with Crippen molar-refractivity contribution in [3.8, 4) is 17.6 Å². The van der Waals surface area contributed by atoms with Gasteiger partial charge in [0.1, 0.15) is 0 Å². The van der Waals surface area contributed by atoms with Crippen LogP contribution >= 0.6 is 0 Å². The smallest absolute Gasteiger partial charge is 0.172 e. The zero-order chi connectivity index (χ0) is 13.4. The van der Waals surface area contributed by atoms with Gasteiger partial charge in [0.15, 0.2) is 17.6 Å². The van der Waals surface area contributed by atoms with E-state index in [0.29, 0.717) is 30.1 Å². The van der Waals surface area contributed by atoms with Crippen LogP contribution in [-0.4, -0.2) is 32.5 Å². The molecule has 1 aromatic rings. The molecule has 0 aliphatic rings. The first-order valence-electron chi connectivity index (χ1n) is 5.61. The summed E-state index contributed by atoms with van der Waals surface area (Å²) >= 11 is 0. The van der Waals surface area contributed by atoms with E-state index in [1.165, 1.54) is 14.2 Å². The number of rotatable bonds is 7. The fraction of sp³-hybridized carbons (Fsp3) is 0.462. The van der Waals surface area contributed by atoms with Crippen LogP contribution in [0.5, 0.6) is 11.5 Å². The Hall–Kier alpha value is -1.77. The summed E-state index contributed by atoms with van der Waals surface area (Å²) in [5, 5.41) is 17.8. The van der Waals surface area contributed by atoms with E-state index < -0.39 is 6.10 Å². The number of para-hydroxylation sites is 1. The van der Waals surface area contributed by atoms with Gasteiger partial charge in [0, 0.05) is 12.2 Å². The molecule has 0 aliphatic heterocycles. The van der Waals surface area contributed by atoms with Crippen molar-refractivity contribution >= 4 is 0 Å². The van der Waals surface area contributed by atoms with Gasteiger partial charge >= 0.3 is 0 Å². The zero-order valence-corrected chi connectivity index (χ0v) is 10.5. The van der Waals surface area contributed by atoms with Crippen molar-refractivity contribution in [2.45, 2.75) is 12.5 Å². The van der Waals surface area contributed by atoms with Crippen LogP contribution in [0.15, 0.2) is 18.2 Å². The average molecular weight is 251 g/mol. The van der Waals surface area contributed by atoms with Gasteiger partial charge in [-0.25, -0.2) is 0 Å². The second-order valence-corrected chi connectivity index (χ2v) is 3.54. The van der Waals surface area contributed by atoms with Gasteiger partial charge in [0.05, 0.1) is 26.9 Å². The Morgan fingerprint density at radius 2 is 2.11 bits per heavy atom. The maximum atomic E-state index is 9.13. The predicted octanol–water partition coefficient (Wildman–Crippen LogP) is 1.67. The summed E-state index contributed by atoms with van der Waals surface area (Å²) in [5.41, 5.74) is 0.622. The van der Waals surface area contributed by atoms with Gasteiger partial charge in [-0.2, -0.15) is 5.26 Å². The van der Waals surface area contributed by atoms with E-state index in [4.69, 9.17) is 24.6 Å². The first-order valence-corrected chi connectivity index (χ1v) is 5.61. The van der Waals surface area contributed by atoms with Gasteiger partial charge in [0.25, 0.3) is 0 Å². The van der Waals surface area contributed by atoms with Crippen molar-refractivity contribution < 1.29 is 19.3 Å².